The fourth-order valence-corrected chi connectivity index (χ4v) is 4.08. The lowest BCUT2D eigenvalue weighted by molar-refractivity contribution is 0.535. The normalized spacial score (nSPS) is 14.3. The average molecular weight is 347 g/mol. The van der Waals surface area contributed by atoms with Gasteiger partial charge in [0.05, 0.1) is 4.90 Å². The highest BCUT2D eigenvalue weighted by Crippen LogP contribution is 2.23. The summed E-state index contributed by atoms with van der Waals surface area (Å²) in [5.74, 6) is 0. The third kappa shape index (κ3) is 3.91. The molecule has 2 aromatic rings. The molecule has 128 valence electrons. The van der Waals surface area contributed by atoms with Crippen LogP contribution in [0.15, 0.2) is 46.2 Å². The molecule has 6 nitrogen and oxygen atoms in total. The van der Waals surface area contributed by atoms with Gasteiger partial charge in [0.1, 0.15) is 0 Å². The molecule has 1 aromatic heterocycles. The number of rotatable bonds is 6. The molecule has 3 rings (SSSR count). The Morgan fingerprint density at radius 1 is 1.12 bits per heavy atom. The fourth-order valence-electron chi connectivity index (χ4n) is 2.95. The molecular formula is C17H21N3O3S. The molecule has 0 amide bonds. The van der Waals surface area contributed by atoms with E-state index in [1.54, 1.807) is 24.4 Å². The summed E-state index contributed by atoms with van der Waals surface area (Å²) >= 11 is 0. The van der Waals surface area contributed by atoms with Gasteiger partial charge in [-0.05, 0) is 61.4 Å². The van der Waals surface area contributed by atoms with E-state index in [-0.39, 0.29) is 12.1 Å². The Labute approximate surface area is 141 Å². The average Bonchev–Trinajstić information content (AvgIpc) is 2.59. The topological polar surface area (TPSA) is 81.1 Å². The van der Waals surface area contributed by atoms with Crippen LogP contribution in [0.5, 0.6) is 0 Å². The Balaban J connectivity index is 1.60. The van der Waals surface area contributed by atoms with Gasteiger partial charge in [0.15, 0.2) is 0 Å². The first-order valence-corrected chi connectivity index (χ1v) is 9.68. The largest absolute Gasteiger partial charge is 0.268 e. The zero-order valence-corrected chi connectivity index (χ0v) is 14.3. The first-order chi connectivity index (χ1) is 11.6. The Morgan fingerprint density at radius 2 is 1.92 bits per heavy atom. The maximum Gasteiger partial charge on any atom is 0.266 e. The number of nitrogens with one attached hydrogen (secondary N) is 1. The lowest BCUT2D eigenvalue weighted by Gasteiger charge is -2.16. The summed E-state index contributed by atoms with van der Waals surface area (Å²) in [5.41, 5.74) is 2.22. The second-order valence-electron chi connectivity index (χ2n) is 5.97. The number of benzene rings is 1. The van der Waals surface area contributed by atoms with Gasteiger partial charge in [-0.2, -0.15) is 5.10 Å². The van der Waals surface area contributed by atoms with E-state index in [1.807, 2.05) is 6.07 Å². The van der Waals surface area contributed by atoms with Crippen molar-refractivity contribution in [1.82, 2.24) is 14.5 Å². The molecule has 0 saturated carbocycles. The van der Waals surface area contributed by atoms with E-state index in [0.717, 1.165) is 24.8 Å². The fraction of sp³-hybridized carbons (Fsp3) is 0.412. The monoisotopic (exact) mass is 347 g/mol. The molecule has 0 fully saturated rings. The van der Waals surface area contributed by atoms with Crippen LogP contribution in [-0.4, -0.2) is 24.7 Å². The van der Waals surface area contributed by atoms with Crippen molar-refractivity contribution < 1.29 is 8.42 Å². The minimum atomic E-state index is -3.52. The van der Waals surface area contributed by atoms with Gasteiger partial charge in [0, 0.05) is 25.4 Å². The van der Waals surface area contributed by atoms with E-state index < -0.39 is 10.0 Å². The molecule has 0 radical (unpaired) electrons. The first kappa shape index (κ1) is 16.9. The highest BCUT2D eigenvalue weighted by atomic mass is 32.2. The van der Waals surface area contributed by atoms with Crippen LogP contribution in [0.25, 0.3) is 0 Å². The lowest BCUT2D eigenvalue weighted by atomic mass is 9.92. The zero-order valence-electron chi connectivity index (χ0n) is 13.4. The van der Waals surface area contributed by atoms with Crippen LogP contribution in [0.2, 0.25) is 0 Å². The summed E-state index contributed by atoms with van der Waals surface area (Å²) < 4.78 is 28.7. The van der Waals surface area contributed by atoms with E-state index >= 15 is 0 Å². The van der Waals surface area contributed by atoms with Crippen LogP contribution in [0.4, 0.5) is 0 Å². The standard InChI is InChI=1S/C17H21N3O3S/c21-17-7-3-10-18-20(17)12-4-11-19-24(22,23)16-9-8-14-5-1-2-6-15(14)13-16/h3,7-10,13,19H,1-2,4-6,11-12H2. The third-order valence-corrected chi connectivity index (χ3v) is 5.71. The maximum absolute atomic E-state index is 12.4. The van der Waals surface area contributed by atoms with Gasteiger partial charge in [0.2, 0.25) is 10.0 Å². The highest BCUT2D eigenvalue weighted by Gasteiger charge is 2.17. The van der Waals surface area contributed by atoms with Gasteiger partial charge >= 0.3 is 0 Å². The van der Waals surface area contributed by atoms with E-state index in [2.05, 4.69) is 9.82 Å². The minimum absolute atomic E-state index is 0.185. The Hall–Kier alpha value is -1.99. The molecule has 1 aliphatic carbocycles. The van der Waals surface area contributed by atoms with Crippen LogP contribution >= 0.6 is 0 Å². The number of aromatic nitrogens is 2. The van der Waals surface area contributed by atoms with Gasteiger partial charge in [-0.1, -0.05) is 6.07 Å². The van der Waals surface area contributed by atoms with Crippen LogP contribution in [0.1, 0.15) is 30.4 Å². The van der Waals surface area contributed by atoms with E-state index in [4.69, 9.17) is 0 Å². The van der Waals surface area contributed by atoms with Crippen molar-refractivity contribution in [3.8, 4) is 0 Å². The van der Waals surface area contributed by atoms with Gasteiger partial charge in [-0.3, -0.25) is 4.79 Å². The molecule has 7 heteroatoms. The summed E-state index contributed by atoms with van der Waals surface area (Å²) in [7, 11) is -3.52. The molecule has 1 aromatic carbocycles. The van der Waals surface area contributed by atoms with Crippen LogP contribution in [0, 0.1) is 0 Å². The van der Waals surface area contributed by atoms with E-state index in [0.29, 0.717) is 17.9 Å². The molecule has 0 saturated heterocycles. The van der Waals surface area contributed by atoms with Crippen molar-refractivity contribution in [3.63, 3.8) is 0 Å². The van der Waals surface area contributed by atoms with Crippen LogP contribution < -0.4 is 10.3 Å². The molecule has 1 heterocycles. The first-order valence-electron chi connectivity index (χ1n) is 8.20. The number of nitrogens with zero attached hydrogens (tertiary/aromatic N) is 2. The van der Waals surface area contributed by atoms with Gasteiger partial charge in [0.25, 0.3) is 5.56 Å². The summed E-state index contributed by atoms with van der Waals surface area (Å²) in [6, 6.07) is 8.41. The van der Waals surface area contributed by atoms with Crippen molar-refractivity contribution in [2.75, 3.05) is 6.54 Å². The molecule has 0 unspecified atom stereocenters. The number of hydrogen-bond donors (Lipinski definition) is 1. The van der Waals surface area contributed by atoms with Crippen molar-refractivity contribution in [1.29, 1.82) is 0 Å². The Bertz CT molecular complexity index is 875. The zero-order chi connectivity index (χ0) is 17.0. The van der Waals surface area contributed by atoms with Crippen molar-refractivity contribution in [2.24, 2.45) is 0 Å². The molecule has 0 aliphatic heterocycles. The third-order valence-electron chi connectivity index (χ3n) is 4.25. The van der Waals surface area contributed by atoms with Crippen molar-refractivity contribution in [3.05, 3.63) is 58.0 Å². The summed E-state index contributed by atoms with van der Waals surface area (Å²) in [4.78, 5) is 11.8. The molecule has 1 aliphatic rings. The quantitative estimate of drug-likeness (QED) is 0.803. The molecule has 0 atom stereocenters. The summed E-state index contributed by atoms with van der Waals surface area (Å²) in [6.45, 7) is 0.648. The highest BCUT2D eigenvalue weighted by molar-refractivity contribution is 7.89. The van der Waals surface area contributed by atoms with Gasteiger partial charge in [-0.25, -0.2) is 17.8 Å². The van der Waals surface area contributed by atoms with Gasteiger partial charge < -0.3 is 0 Å². The lowest BCUT2D eigenvalue weighted by Crippen LogP contribution is -2.28. The molecule has 24 heavy (non-hydrogen) atoms. The number of hydrogen-bond acceptors (Lipinski definition) is 4. The number of fused-ring (bicyclic) bond motifs is 1. The van der Waals surface area contributed by atoms with E-state index in [9.17, 15) is 13.2 Å². The number of sulfonamides is 1. The summed E-state index contributed by atoms with van der Waals surface area (Å²) in [6.07, 6.45) is 6.30. The van der Waals surface area contributed by atoms with Crippen LogP contribution in [-0.2, 0) is 29.4 Å². The van der Waals surface area contributed by atoms with Crippen molar-refractivity contribution >= 4 is 10.0 Å². The minimum Gasteiger partial charge on any atom is -0.268 e. The maximum atomic E-state index is 12.4. The second-order valence-corrected chi connectivity index (χ2v) is 7.74. The smallest absolute Gasteiger partial charge is 0.266 e. The van der Waals surface area contributed by atoms with Gasteiger partial charge in [-0.15, -0.1) is 0 Å². The second kappa shape index (κ2) is 7.27. The Kier molecular flexibility index (Phi) is 5.11. The predicted octanol–water partition coefficient (Wildman–Crippen LogP) is 1.49. The van der Waals surface area contributed by atoms with E-state index in [1.165, 1.54) is 22.7 Å². The molecule has 0 spiro atoms. The molecule has 1 N–H and O–H groups in total. The van der Waals surface area contributed by atoms with Crippen LogP contribution in [0.3, 0.4) is 0 Å². The summed E-state index contributed by atoms with van der Waals surface area (Å²) in [5, 5.41) is 3.95. The molecule has 0 bridgehead atoms. The molecular weight excluding hydrogens is 326 g/mol. The number of aryl methyl sites for hydroxylation is 3. The Morgan fingerprint density at radius 3 is 2.71 bits per heavy atom. The SMILES string of the molecule is O=c1cccnn1CCCNS(=O)(=O)c1ccc2c(c1)CCCC2. The van der Waals surface area contributed by atoms with Crippen molar-refractivity contribution in [2.45, 2.75) is 43.5 Å². The predicted molar refractivity (Wildman–Crippen MR) is 91.4 cm³/mol.